The van der Waals surface area contributed by atoms with Crippen LogP contribution in [0.1, 0.15) is 35.8 Å². The number of anilines is 1. The minimum absolute atomic E-state index is 0.118. The first-order valence-electron chi connectivity index (χ1n) is 10.9. The molecule has 7 nitrogen and oxygen atoms in total. The molecule has 0 saturated heterocycles. The molecule has 0 aliphatic rings. The van der Waals surface area contributed by atoms with Gasteiger partial charge in [0.2, 0.25) is 0 Å². The number of aryl methyl sites for hydroxylation is 1. The van der Waals surface area contributed by atoms with Crippen molar-refractivity contribution in [2.45, 2.75) is 26.8 Å². The maximum absolute atomic E-state index is 13.4. The van der Waals surface area contributed by atoms with Gasteiger partial charge < -0.3 is 10.3 Å². The first-order chi connectivity index (χ1) is 16.0. The van der Waals surface area contributed by atoms with E-state index in [0.29, 0.717) is 16.9 Å². The molecule has 0 aliphatic carbocycles. The monoisotopic (exact) mass is 436 g/mol. The zero-order valence-electron chi connectivity index (χ0n) is 18.7. The van der Waals surface area contributed by atoms with Gasteiger partial charge in [-0.1, -0.05) is 24.3 Å². The van der Waals surface area contributed by atoms with Gasteiger partial charge in [0.15, 0.2) is 5.65 Å². The average Bonchev–Trinajstić information content (AvgIpc) is 3.49. The van der Waals surface area contributed by atoms with Crippen molar-refractivity contribution in [2.24, 2.45) is 0 Å². The lowest BCUT2D eigenvalue weighted by atomic mass is 10.0. The van der Waals surface area contributed by atoms with E-state index in [1.165, 1.54) is 0 Å². The number of hydrogen-bond acceptors (Lipinski definition) is 4. The molecule has 0 aliphatic heterocycles. The maximum atomic E-state index is 13.4. The van der Waals surface area contributed by atoms with E-state index in [9.17, 15) is 4.79 Å². The lowest BCUT2D eigenvalue weighted by molar-refractivity contribution is 0.102. The van der Waals surface area contributed by atoms with Crippen LogP contribution in [0.5, 0.6) is 0 Å². The number of amides is 1. The van der Waals surface area contributed by atoms with Gasteiger partial charge in [0.25, 0.3) is 5.91 Å². The second-order valence-corrected chi connectivity index (χ2v) is 8.26. The van der Waals surface area contributed by atoms with Crippen molar-refractivity contribution in [3.05, 3.63) is 84.3 Å². The molecule has 0 saturated carbocycles. The highest BCUT2D eigenvalue weighted by atomic mass is 16.1. The number of nitrogens with one attached hydrogen (secondary N) is 2. The van der Waals surface area contributed by atoms with Crippen LogP contribution in [-0.4, -0.2) is 30.6 Å². The Bertz CT molecular complexity index is 1430. The zero-order chi connectivity index (χ0) is 22.9. The molecule has 33 heavy (non-hydrogen) atoms. The van der Waals surface area contributed by atoms with Crippen LogP contribution in [0, 0.1) is 6.92 Å². The highest BCUT2D eigenvalue weighted by Gasteiger charge is 2.19. The fraction of sp³-hybridized carbons (Fsp3) is 0.154. The molecular weight excluding hydrogens is 412 g/mol. The molecule has 1 amide bonds. The number of aromatic nitrogens is 5. The molecule has 5 aromatic rings. The fourth-order valence-corrected chi connectivity index (χ4v) is 3.92. The van der Waals surface area contributed by atoms with E-state index >= 15 is 0 Å². The molecule has 3 aromatic heterocycles. The molecular formula is C26H24N6O. The Hall–Kier alpha value is -4.26. The van der Waals surface area contributed by atoms with Crippen LogP contribution in [0.3, 0.4) is 0 Å². The fourth-order valence-electron chi connectivity index (χ4n) is 3.92. The van der Waals surface area contributed by atoms with E-state index in [1.54, 1.807) is 18.6 Å². The lowest BCUT2D eigenvalue weighted by Crippen LogP contribution is -2.13. The van der Waals surface area contributed by atoms with Gasteiger partial charge in [-0.05, 0) is 56.7 Å². The van der Waals surface area contributed by atoms with Crippen LogP contribution in [0.25, 0.3) is 33.7 Å². The van der Waals surface area contributed by atoms with Crippen molar-refractivity contribution in [1.29, 1.82) is 0 Å². The van der Waals surface area contributed by atoms with E-state index in [0.717, 1.165) is 33.6 Å². The molecule has 0 fully saturated rings. The van der Waals surface area contributed by atoms with E-state index in [-0.39, 0.29) is 11.9 Å². The number of benzene rings is 2. The summed E-state index contributed by atoms with van der Waals surface area (Å²) in [5.41, 5.74) is 5.73. The quantitative estimate of drug-likeness (QED) is 0.374. The van der Waals surface area contributed by atoms with Crippen LogP contribution in [0.15, 0.2) is 73.2 Å². The predicted molar refractivity (Wildman–Crippen MR) is 130 cm³/mol. The molecule has 3 heterocycles. The first-order valence-corrected chi connectivity index (χ1v) is 10.9. The zero-order valence-corrected chi connectivity index (χ0v) is 18.7. The van der Waals surface area contributed by atoms with E-state index in [2.05, 4.69) is 34.2 Å². The predicted octanol–water partition coefficient (Wildman–Crippen LogP) is 5.63. The normalized spacial score (nSPS) is 11.3. The van der Waals surface area contributed by atoms with Crippen molar-refractivity contribution in [3.63, 3.8) is 0 Å². The van der Waals surface area contributed by atoms with Crippen molar-refractivity contribution >= 4 is 22.6 Å². The third kappa shape index (κ3) is 3.89. The summed E-state index contributed by atoms with van der Waals surface area (Å²) in [5, 5.41) is 8.25. The highest BCUT2D eigenvalue weighted by Crippen LogP contribution is 2.29. The van der Waals surface area contributed by atoms with Gasteiger partial charge >= 0.3 is 0 Å². The van der Waals surface area contributed by atoms with Crippen LogP contribution >= 0.6 is 0 Å². The topological polar surface area (TPSA) is 88.5 Å². The van der Waals surface area contributed by atoms with Crippen LogP contribution in [-0.2, 0) is 0 Å². The number of imidazole rings is 1. The molecule has 0 radical (unpaired) electrons. The minimum Gasteiger partial charge on any atom is -0.345 e. The molecule has 0 bridgehead atoms. The van der Waals surface area contributed by atoms with E-state index in [4.69, 9.17) is 4.98 Å². The van der Waals surface area contributed by atoms with Gasteiger partial charge in [-0.25, -0.2) is 14.6 Å². The largest absolute Gasteiger partial charge is 0.345 e. The number of hydrogen-bond donors (Lipinski definition) is 2. The molecule has 5 rings (SSSR count). The first kappa shape index (κ1) is 20.6. The minimum atomic E-state index is -0.203. The number of H-pyrrole nitrogens is 1. The summed E-state index contributed by atoms with van der Waals surface area (Å²) in [4.78, 5) is 25.6. The Morgan fingerprint density at radius 2 is 1.88 bits per heavy atom. The Labute approximate surface area is 191 Å². The summed E-state index contributed by atoms with van der Waals surface area (Å²) in [7, 11) is 0. The number of aromatic amines is 1. The van der Waals surface area contributed by atoms with Crippen molar-refractivity contribution in [2.75, 3.05) is 5.32 Å². The molecule has 0 unspecified atom stereocenters. The Kier molecular flexibility index (Phi) is 5.22. The van der Waals surface area contributed by atoms with Crippen LogP contribution in [0.2, 0.25) is 0 Å². The Balaban J connectivity index is 1.55. The second kappa shape index (κ2) is 8.35. The van der Waals surface area contributed by atoms with Gasteiger partial charge in [0, 0.05) is 35.2 Å². The smallest absolute Gasteiger partial charge is 0.256 e. The van der Waals surface area contributed by atoms with Gasteiger partial charge in [-0.2, -0.15) is 5.10 Å². The number of nitrogens with zero attached hydrogens (tertiary/aromatic N) is 4. The number of carbonyl (C=O) groups is 1. The third-order valence-electron chi connectivity index (χ3n) is 5.64. The average molecular weight is 437 g/mol. The van der Waals surface area contributed by atoms with Gasteiger partial charge in [-0.15, -0.1) is 0 Å². The number of carbonyl (C=O) groups excluding carboxylic acids is 1. The Morgan fingerprint density at radius 3 is 2.58 bits per heavy atom. The van der Waals surface area contributed by atoms with Gasteiger partial charge in [-0.3, -0.25) is 4.79 Å². The van der Waals surface area contributed by atoms with Crippen molar-refractivity contribution in [3.8, 4) is 22.6 Å². The SMILES string of the molecule is Cc1ccccc1-c1cc(C(=O)Nc2ccc(-c3ncc[nH]3)cc2)c2cnn(C(C)C)c2n1. The summed E-state index contributed by atoms with van der Waals surface area (Å²) in [6.45, 7) is 6.14. The summed E-state index contributed by atoms with van der Waals surface area (Å²) in [5.74, 6) is 0.582. The highest BCUT2D eigenvalue weighted by molar-refractivity contribution is 6.12. The number of fused-ring (bicyclic) bond motifs is 1. The summed E-state index contributed by atoms with van der Waals surface area (Å²) >= 11 is 0. The van der Waals surface area contributed by atoms with Gasteiger partial charge in [0.05, 0.1) is 22.8 Å². The number of pyridine rings is 1. The summed E-state index contributed by atoms with van der Waals surface area (Å²) in [6.07, 6.45) is 5.21. The van der Waals surface area contributed by atoms with E-state index in [1.807, 2.05) is 66.2 Å². The van der Waals surface area contributed by atoms with Crippen LogP contribution in [0.4, 0.5) is 5.69 Å². The third-order valence-corrected chi connectivity index (χ3v) is 5.64. The summed E-state index contributed by atoms with van der Waals surface area (Å²) < 4.78 is 1.85. The van der Waals surface area contributed by atoms with Crippen molar-refractivity contribution < 1.29 is 4.79 Å². The molecule has 0 atom stereocenters. The van der Waals surface area contributed by atoms with Crippen molar-refractivity contribution in [1.82, 2.24) is 24.7 Å². The summed E-state index contributed by atoms with van der Waals surface area (Å²) in [6, 6.07) is 17.6. The molecule has 2 N–H and O–H groups in total. The lowest BCUT2D eigenvalue weighted by Gasteiger charge is -2.12. The molecule has 0 spiro atoms. The van der Waals surface area contributed by atoms with Gasteiger partial charge in [0.1, 0.15) is 5.82 Å². The maximum Gasteiger partial charge on any atom is 0.256 e. The number of rotatable bonds is 5. The Morgan fingerprint density at radius 1 is 1.09 bits per heavy atom. The molecule has 2 aromatic carbocycles. The molecule has 7 heteroatoms. The molecule has 164 valence electrons. The van der Waals surface area contributed by atoms with Crippen LogP contribution < -0.4 is 5.32 Å². The second-order valence-electron chi connectivity index (χ2n) is 8.26. The standard InChI is InChI=1S/C26H24N6O/c1-16(2)32-25-22(15-29-32)21(14-23(31-25)20-7-5-4-6-17(20)3)26(33)30-19-10-8-18(9-11-19)24-27-12-13-28-24/h4-16H,1-3H3,(H,27,28)(H,30,33). The van der Waals surface area contributed by atoms with E-state index < -0.39 is 0 Å².